The first-order valence-corrected chi connectivity index (χ1v) is 12.7. The molecule has 2 aliphatic rings. The van der Waals surface area contributed by atoms with Gasteiger partial charge in [-0.3, -0.25) is 0 Å². The smallest absolute Gasteiger partial charge is 0.215 e. The van der Waals surface area contributed by atoms with E-state index in [0.717, 1.165) is 45.0 Å². The van der Waals surface area contributed by atoms with E-state index in [9.17, 15) is 0 Å². The average molecular weight is 502 g/mol. The number of halogens is 1. The van der Waals surface area contributed by atoms with Crippen LogP contribution in [0, 0.1) is 5.41 Å². The highest BCUT2D eigenvalue weighted by molar-refractivity contribution is 6.30. The zero-order chi connectivity index (χ0) is 24.5. The first-order chi connectivity index (χ1) is 16.9. The summed E-state index contributed by atoms with van der Waals surface area (Å²) in [5, 5.41) is 18.6. The van der Waals surface area contributed by atoms with Crippen LogP contribution in [-0.4, -0.2) is 61.3 Å². The van der Waals surface area contributed by atoms with Crippen LogP contribution in [0.2, 0.25) is 5.02 Å². The van der Waals surface area contributed by atoms with E-state index in [4.69, 9.17) is 21.1 Å². The zero-order valence-corrected chi connectivity index (χ0v) is 21.4. The Bertz CT molecular complexity index is 1080. The molecule has 0 radical (unpaired) electrons. The van der Waals surface area contributed by atoms with Crippen molar-refractivity contribution in [2.75, 3.05) is 26.3 Å². The second kappa shape index (κ2) is 9.83. The summed E-state index contributed by atoms with van der Waals surface area (Å²) in [4.78, 5) is 5.72. The molecule has 0 amide bonds. The van der Waals surface area contributed by atoms with Crippen LogP contribution in [0.15, 0.2) is 36.9 Å². The summed E-state index contributed by atoms with van der Waals surface area (Å²) in [6, 6.07) is 7.10. The van der Waals surface area contributed by atoms with Crippen LogP contribution in [0.1, 0.15) is 64.5 Å². The standard InChI is InChI=1S/C24H33ClN8O2/c1-23(2,3)20(21(32-17-26-16-27-32)35-19-8-6-18(25)7-9-19)33-22(28-29-30-33)24(10-4-5-11-24)31-12-14-34-15-13-31/h6-9,16-17,20-21H,4-5,10-15H2,1-3H3/p+1/t20-,21-/m0/s1. The summed E-state index contributed by atoms with van der Waals surface area (Å²) in [7, 11) is 0. The third kappa shape index (κ3) is 4.79. The number of hydrogen-bond donors (Lipinski definition) is 1. The molecule has 0 unspecified atom stereocenters. The summed E-state index contributed by atoms with van der Waals surface area (Å²) in [5.41, 5.74) is -0.405. The van der Waals surface area contributed by atoms with Crippen LogP contribution in [0.25, 0.3) is 0 Å². The molecule has 10 nitrogen and oxygen atoms in total. The fourth-order valence-corrected chi connectivity index (χ4v) is 5.81. The van der Waals surface area contributed by atoms with Crippen molar-refractivity contribution in [3.8, 4) is 5.75 Å². The van der Waals surface area contributed by atoms with E-state index in [1.54, 1.807) is 11.0 Å². The van der Waals surface area contributed by atoms with E-state index in [0.29, 0.717) is 10.8 Å². The summed E-state index contributed by atoms with van der Waals surface area (Å²) in [6.45, 7) is 10.00. The molecular formula is C24H34ClN8O2+. The van der Waals surface area contributed by atoms with E-state index in [-0.39, 0.29) is 17.0 Å². The number of benzene rings is 1. The third-order valence-electron chi connectivity index (χ3n) is 7.34. The van der Waals surface area contributed by atoms with Crippen molar-refractivity contribution in [1.29, 1.82) is 0 Å². The number of tetrazole rings is 1. The second-order valence-electron chi connectivity index (χ2n) is 10.6. The molecule has 11 heteroatoms. The van der Waals surface area contributed by atoms with Crippen LogP contribution in [0.3, 0.4) is 0 Å². The Morgan fingerprint density at radius 3 is 2.46 bits per heavy atom. The van der Waals surface area contributed by atoms with E-state index in [2.05, 4.69) is 46.4 Å². The Balaban J connectivity index is 1.59. The molecule has 2 aromatic heterocycles. The molecule has 0 bridgehead atoms. The number of aromatic nitrogens is 7. The molecule has 1 aromatic carbocycles. The minimum Gasteiger partial charge on any atom is -0.466 e. The predicted molar refractivity (Wildman–Crippen MR) is 129 cm³/mol. The first kappa shape index (κ1) is 24.1. The van der Waals surface area contributed by atoms with Crippen LogP contribution >= 0.6 is 11.6 Å². The Morgan fingerprint density at radius 2 is 1.83 bits per heavy atom. The maximum atomic E-state index is 6.58. The van der Waals surface area contributed by atoms with E-state index in [1.807, 2.05) is 28.9 Å². The van der Waals surface area contributed by atoms with E-state index in [1.165, 1.54) is 24.1 Å². The van der Waals surface area contributed by atoms with Crippen molar-refractivity contribution in [3.63, 3.8) is 0 Å². The maximum Gasteiger partial charge on any atom is 0.215 e. The van der Waals surface area contributed by atoms with Gasteiger partial charge in [-0.15, -0.1) is 5.10 Å². The minimum atomic E-state index is -0.529. The number of ether oxygens (including phenoxy) is 2. The van der Waals surface area contributed by atoms with Gasteiger partial charge >= 0.3 is 0 Å². The normalized spacial score (nSPS) is 20.6. The van der Waals surface area contributed by atoms with Gasteiger partial charge in [-0.1, -0.05) is 32.4 Å². The van der Waals surface area contributed by atoms with Crippen LogP contribution in [0.4, 0.5) is 0 Å². The summed E-state index contributed by atoms with van der Waals surface area (Å²) in [5.74, 6) is 1.62. The van der Waals surface area contributed by atoms with Crippen molar-refractivity contribution in [2.24, 2.45) is 5.41 Å². The Kier molecular flexibility index (Phi) is 6.78. The molecule has 1 saturated carbocycles. The average Bonchev–Trinajstić information content (AvgIpc) is 3.62. The molecule has 2 fully saturated rings. The number of nitrogens with zero attached hydrogens (tertiary/aromatic N) is 7. The maximum absolute atomic E-state index is 6.58. The third-order valence-corrected chi connectivity index (χ3v) is 7.59. The second-order valence-corrected chi connectivity index (χ2v) is 11.0. The van der Waals surface area contributed by atoms with E-state index < -0.39 is 6.23 Å². The molecule has 35 heavy (non-hydrogen) atoms. The summed E-state index contributed by atoms with van der Waals surface area (Å²) < 4.78 is 16.0. The molecule has 1 aliphatic carbocycles. The van der Waals surface area contributed by atoms with E-state index >= 15 is 0 Å². The Hall–Kier alpha value is -2.56. The molecular weight excluding hydrogens is 468 g/mol. The molecule has 3 aromatic rings. The van der Waals surface area contributed by atoms with Gasteiger partial charge in [-0.25, -0.2) is 14.3 Å². The monoisotopic (exact) mass is 501 g/mol. The minimum absolute atomic E-state index is 0.135. The highest BCUT2D eigenvalue weighted by Gasteiger charge is 2.52. The molecule has 2 atom stereocenters. The van der Waals surface area contributed by atoms with Gasteiger partial charge in [0.15, 0.2) is 5.54 Å². The molecule has 5 rings (SSSR count). The van der Waals surface area contributed by atoms with Gasteiger partial charge in [-0.2, -0.15) is 5.10 Å². The summed E-state index contributed by atoms with van der Waals surface area (Å²) >= 11 is 6.12. The number of hydrogen-bond acceptors (Lipinski definition) is 7. The van der Waals surface area contributed by atoms with Gasteiger partial charge in [-0.05, 0) is 52.9 Å². The zero-order valence-electron chi connectivity index (χ0n) is 20.6. The first-order valence-electron chi connectivity index (χ1n) is 12.4. The number of nitrogens with one attached hydrogen (secondary N) is 1. The van der Waals surface area contributed by atoms with Crippen molar-refractivity contribution in [1.82, 2.24) is 35.0 Å². The predicted octanol–water partition coefficient (Wildman–Crippen LogP) is 2.47. The van der Waals surface area contributed by atoms with Gasteiger partial charge < -0.3 is 14.4 Å². The van der Waals surface area contributed by atoms with Gasteiger partial charge in [0.25, 0.3) is 0 Å². The van der Waals surface area contributed by atoms with Gasteiger partial charge in [0.05, 0.1) is 13.2 Å². The fourth-order valence-electron chi connectivity index (χ4n) is 5.69. The molecule has 0 spiro atoms. The van der Waals surface area contributed by atoms with Crippen molar-refractivity contribution in [3.05, 3.63) is 47.8 Å². The van der Waals surface area contributed by atoms with Crippen LogP contribution < -0.4 is 9.64 Å². The van der Waals surface area contributed by atoms with Gasteiger partial charge in [0, 0.05) is 17.9 Å². The largest absolute Gasteiger partial charge is 0.466 e. The highest BCUT2D eigenvalue weighted by atomic mass is 35.5. The fraction of sp³-hybridized carbons (Fsp3) is 0.625. The van der Waals surface area contributed by atoms with Gasteiger partial charge in [0.2, 0.25) is 12.1 Å². The quantitative estimate of drug-likeness (QED) is 0.531. The SMILES string of the molecule is CC(C)(C)[C@H]([C@H](Oc1ccc(Cl)cc1)n1cncn1)n1nnnc1C1([NH+]2CCOCC2)CCCC1. The Morgan fingerprint density at radius 1 is 1.11 bits per heavy atom. The molecule has 1 aliphatic heterocycles. The highest BCUT2D eigenvalue weighted by Crippen LogP contribution is 2.43. The van der Waals surface area contributed by atoms with Crippen LogP contribution in [-0.2, 0) is 10.3 Å². The van der Waals surface area contributed by atoms with Crippen LogP contribution in [0.5, 0.6) is 5.75 Å². The molecule has 188 valence electrons. The Labute approximate surface area is 210 Å². The van der Waals surface area contributed by atoms with Crippen molar-refractivity contribution in [2.45, 2.75) is 64.3 Å². The molecule has 1 N–H and O–H groups in total. The lowest BCUT2D eigenvalue weighted by Crippen LogP contribution is -3.20. The number of rotatable bonds is 7. The molecule has 3 heterocycles. The van der Waals surface area contributed by atoms with Gasteiger partial charge in [0.1, 0.15) is 37.5 Å². The number of quaternary nitrogens is 1. The topological polar surface area (TPSA) is 97.2 Å². The summed E-state index contributed by atoms with van der Waals surface area (Å²) in [6.07, 6.45) is 7.14. The van der Waals surface area contributed by atoms with Crippen molar-refractivity contribution < 1.29 is 14.4 Å². The lowest BCUT2D eigenvalue weighted by molar-refractivity contribution is -0.968. The molecule has 1 saturated heterocycles. The number of morpholine rings is 1. The van der Waals surface area contributed by atoms with Crippen molar-refractivity contribution >= 4 is 11.6 Å². The lowest BCUT2D eigenvalue weighted by atomic mass is 9.84. The lowest BCUT2D eigenvalue weighted by Gasteiger charge is -2.42.